The molecule has 2 aromatic rings. The molecule has 0 heterocycles. The first-order valence-corrected chi connectivity index (χ1v) is 9.22. The van der Waals surface area contributed by atoms with Crippen molar-refractivity contribution in [2.45, 2.75) is 40.0 Å². The van der Waals surface area contributed by atoms with Gasteiger partial charge in [0, 0.05) is 22.1 Å². The van der Waals surface area contributed by atoms with Crippen LogP contribution in [-0.4, -0.2) is 12.6 Å². The van der Waals surface area contributed by atoms with E-state index in [-0.39, 0.29) is 0 Å². The number of nitrogens with one attached hydrogen (secondary N) is 1. The predicted molar refractivity (Wildman–Crippen MR) is 103 cm³/mol. The topological polar surface area (TPSA) is 30.5 Å². The second kappa shape index (κ2) is 9.30. The Bertz CT molecular complexity index is 676. The van der Waals surface area contributed by atoms with Crippen LogP contribution >= 0.6 is 27.5 Å². The molecule has 24 heavy (non-hydrogen) atoms. The van der Waals surface area contributed by atoms with Crippen LogP contribution in [0.25, 0.3) is 0 Å². The van der Waals surface area contributed by atoms with Gasteiger partial charge in [-0.25, -0.2) is 0 Å². The Morgan fingerprint density at radius 1 is 1.12 bits per heavy atom. The number of ether oxygens (including phenoxy) is 2. The van der Waals surface area contributed by atoms with Crippen molar-refractivity contribution in [1.82, 2.24) is 5.32 Å². The van der Waals surface area contributed by atoms with Crippen molar-refractivity contribution in [3.63, 3.8) is 0 Å². The van der Waals surface area contributed by atoms with Crippen LogP contribution in [0.4, 0.5) is 0 Å². The lowest BCUT2D eigenvalue weighted by atomic mass is 10.2. The van der Waals surface area contributed by atoms with Crippen molar-refractivity contribution >= 4 is 27.5 Å². The van der Waals surface area contributed by atoms with Crippen molar-refractivity contribution in [2.75, 3.05) is 6.61 Å². The molecule has 130 valence electrons. The fourth-order valence-electron chi connectivity index (χ4n) is 2.20. The van der Waals surface area contributed by atoms with E-state index in [1.54, 1.807) is 0 Å². The molecular formula is C19H23BrClNO2. The van der Waals surface area contributed by atoms with E-state index < -0.39 is 0 Å². The Kier molecular flexibility index (Phi) is 7.40. The SMILES string of the molecule is CCOc1cc(CNC(C)C)c(Br)cc1OCc1cccc(Cl)c1. The second-order valence-electron chi connectivity index (χ2n) is 5.78. The minimum absolute atomic E-state index is 0.422. The van der Waals surface area contributed by atoms with E-state index in [0.717, 1.165) is 33.6 Å². The van der Waals surface area contributed by atoms with Crippen molar-refractivity contribution in [2.24, 2.45) is 0 Å². The van der Waals surface area contributed by atoms with Gasteiger partial charge in [-0.05, 0) is 42.3 Å². The zero-order chi connectivity index (χ0) is 17.5. The van der Waals surface area contributed by atoms with Gasteiger partial charge in [0.05, 0.1) is 6.61 Å². The van der Waals surface area contributed by atoms with Crippen molar-refractivity contribution < 1.29 is 9.47 Å². The summed E-state index contributed by atoms with van der Waals surface area (Å²) >= 11 is 9.64. The molecular weight excluding hydrogens is 390 g/mol. The summed E-state index contributed by atoms with van der Waals surface area (Å²) in [7, 11) is 0. The molecule has 1 N–H and O–H groups in total. The lowest BCUT2D eigenvalue weighted by Crippen LogP contribution is -2.22. The first kappa shape index (κ1) is 19.1. The van der Waals surface area contributed by atoms with Gasteiger partial charge in [-0.3, -0.25) is 0 Å². The highest BCUT2D eigenvalue weighted by atomic mass is 79.9. The third kappa shape index (κ3) is 5.69. The summed E-state index contributed by atoms with van der Waals surface area (Å²) in [6.45, 7) is 8.02. The molecule has 0 saturated carbocycles. The molecule has 5 heteroatoms. The lowest BCUT2D eigenvalue weighted by Gasteiger charge is -2.16. The third-order valence-corrected chi connectivity index (χ3v) is 4.37. The maximum Gasteiger partial charge on any atom is 0.162 e. The highest BCUT2D eigenvalue weighted by Crippen LogP contribution is 2.34. The summed E-state index contributed by atoms with van der Waals surface area (Å²) in [5.41, 5.74) is 2.16. The predicted octanol–water partition coefficient (Wildman–Crippen LogP) is 5.58. The molecule has 0 fully saturated rings. The van der Waals surface area contributed by atoms with Crippen LogP contribution in [0.1, 0.15) is 31.9 Å². The van der Waals surface area contributed by atoms with E-state index in [0.29, 0.717) is 24.3 Å². The van der Waals surface area contributed by atoms with E-state index in [2.05, 4.69) is 35.1 Å². The molecule has 2 aromatic carbocycles. The summed E-state index contributed by atoms with van der Waals surface area (Å²) in [4.78, 5) is 0. The summed E-state index contributed by atoms with van der Waals surface area (Å²) in [5.74, 6) is 1.47. The molecule has 0 spiro atoms. The number of hydrogen-bond donors (Lipinski definition) is 1. The van der Waals surface area contributed by atoms with E-state index in [1.165, 1.54) is 0 Å². The van der Waals surface area contributed by atoms with Crippen molar-refractivity contribution in [3.8, 4) is 11.5 Å². The molecule has 3 nitrogen and oxygen atoms in total. The van der Waals surface area contributed by atoms with Crippen LogP contribution in [0.3, 0.4) is 0 Å². The fourth-order valence-corrected chi connectivity index (χ4v) is 2.87. The molecule has 0 radical (unpaired) electrons. The van der Waals surface area contributed by atoms with Crippen LogP contribution in [0.15, 0.2) is 40.9 Å². The van der Waals surface area contributed by atoms with Gasteiger partial charge < -0.3 is 14.8 Å². The van der Waals surface area contributed by atoms with Gasteiger partial charge in [0.1, 0.15) is 6.61 Å². The normalized spacial score (nSPS) is 10.9. The Morgan fingerprint density at radius 3 is 2.54 bits per heavy atom. The van der Waals surface area contributed by atoms with Crippen molar-refractivity contribution in [1.29, 1.82) is 0 Å². The molecule has 0 amide bonds. The molecule has 0 aliphatic rings. The van der Waals surface area contributed by atoms with Crippen LogP contribution in [-0.2, 0) is 13.2 Å². The smallest absolute Gasteiger partial charge is 0.162 e. The second-order valence-corrected chi connectivity index (χ2v) is 7.07. The Morgan fingerprint density at radius 2 is 1.88 bits per heavy atom. The lowest BCUT2D eigenvalue weighted by molar-refractivity contribution is 0.269. The third-order valence-electron chi connectivity index (χ3n) is 3.40. The minimum Gasteiger partial charge on any atom is -0.490 e. The average molecular weight is 413 g/mol. The van der Waals surface area contributed by atoms with Gasteiger partial charge in [-0.2, -0.15) is 0 Å². The molecule has 0 atom stereocenters. The molecule has 0 unspecified atom stereocenters. The first-order valence-electron chi connectivity index (χ1n) is 8.05. The average Bonchev–Trinajstić information content (AvgIpc) is 2.53. The Labute approximate surface area is 157 Å². The molecule has 0 aromatic heterocycles. The van der Waals surface area contributed by atoms with E-state index in [9.17, 15) is 0 Å². The quantitative estimate of drug-likeness (QED) is 0.614. The molecule has 0 bridgehead atoms. The summed E-state index contributed by atoms with van der Waals surface area (Å²) in [6, 6.07) is 12.1. The summed E-state index contributed by atoms with van der Waals surface area (Å²) in [5, 5.41) is 4.12. The number of rotatable bonds is 8. The Balaban J connectivity index is 2.16. The molecule has 2 rings (SSSR count). The van der Waals surface area contributed by atoms with Gasteiger partial charge in [0.25, 0.3) is 0 Å². The number of halogens is 2. The van der Waals surface area contributed by atoms with Gasteiger partial charge in [0.15, 0.2) is 11.5 Å². The van der Waals surface area contributed by atoms with Gasteiger partial charge >= 0.3 is 0 Å². The standard InChI is InChI=1S/C19H23BrClNO2/c1-4-23-18-9-15(11-22-13(2)3)17(20)10-19(18)24-12-14-6-5-7-16(21)8-14/h5-10,13,22H,4,11-12H2,1-3H3. The maximum atomic E-state index is 6.02. The highest BCUT2D eigenvalue weighted by molar-refractivity contribution is 9.10. The maximum absolute atomic E-state index is 6.02. The van der Waals surface area contributed by atoms with Crippen LogP contribution in [0.5, 0.6) is 11.5 Å². The van der Waals surface area contributed by atoms with Crippen molar-refractivity contribution in [3.05, 3.63) is 57.0 Å². The highest BCUT2D eigenvalue weighted by Gasteiger charge is 2.11. The van der Waals surface area contributed by atoms with Gasteiger partial charge in [-0.1, -0.05) is 53.5 Å². The van der Waals surface area contributed by atoms with Gasteiger partial charge in [-0.15, -0.1) is 0 Å². The summed E-state index contributed by atoms with van der Waals surface area (Å²) < 4.78 is 12.7. The zero-order valence-corrected chi connectivity index (χ0v) is 16.6. The van der Waals surface area contributed by atoms with Crippen LogP contribution < -0.4 is 14.8 Å². The monoisotopic (exact) mass is 411 g/mol. The minimum atomic E-state index is 0.422. The van der Waals surface area contributed by atoms with Crippen LogP contribution in [0, 0.1) is 0 Å². The molecule has 0 aliphatic carbocycles. The Hall–Kier alpha value is -1.23. The van der Waals surface area contributed by atoms with Crippen LogP contribution in [0.2, 0.25) is 5.02 Å². The number of hydrogen-bond acceptors (Lipinski definition) is 3. The first-order chi connectivity index (χ1) is 11.5. The van der Waals surface area contributed by atoms with E-state index >= 15 is 0 Å². The molecule has 0 aliphatic heterocycles. The number of benzene rings is 2. The zero-order valence-electron chi connectivity index (χ0n) is 14.2. The fraction of sp³-hybridized carbons (Fsp3) is 0.368. The van der Waals surface area contributed by atoms with E-state index in [1.807, 2.05) is 43.3 Å². The summed E-state index contributed by atoms with van der Waals surface area (Å²) in [6.07, 6.45) is 0. The molecule has 0 saturated heterocycles. The largest absolute Gasteiger partial charge is 0.490 e. The van der Waals surface area contributed by atoms with E-state index in [4.69, 9.17) is 21.1 Å². The van der Waals surface area contributed by atoms with Gasteiger partial charge in [0.2, 0.25) is 0 Å².